The van der Waals surface area contributed by atoms with Gasteiger partial charge >= 0.3 is 0 Å². The summed E-state index contributed by atoms with van der Waals surface area (Å²) in [4.78, 5) is 0. The molecule has 1 aromatic carbocycles. The molecular weight excluding hydrogens is 236 g/mol. The predicted octanol–water partition coefficient (Wildman–Crippen LogP) is 3.95. The summed E-state index contributed by atoms with van der Waals surface area (Å²) < 4.78 is 6.52. The third-order valence-corrected chi connectivity index (χ3v) is 6.51. The Morgan fingerprint density at radius 2 is 1.78 bits per heavy atom. The van der Waals surface area contributed by atoms with Gasteiger partial charge in [0.2, 0.25) is 9.04 Å². The van der Waals surface area contributed by atoms with E-state index < -0.39 is 9.04 Å². The smallest absolute Gasteiger partial charge is 0.250 e. The van der Waals surface area contributed by atoms with Crippen LogP contribution in [-0.2, 0) is 4.43 Å². The molecule has 0 N–H and O–H groups in total. The lowest BCUT2D eigenvalue weighted by molar-refractivity contribution is 0.154. The van der Waals surface area contributed by atoms with Gasteiger partial charge in [-0.2, -0.15) is 0 Å². The zero-order valence-corrected chi connectivity index (χ0v) is 12.9. The number of hydrogen-bond donors (Lipinski definition) is 0. The average Bonchev–Trinajstić information content (AvgIpc) is 2.38. The predicted molar refractivity (Wildman–Crippen MR) is 79.6 cm³/mol. The molecule has 0 bridgehead atoms. The van der Waals surface area contributed by atoms with Crippen molar-refractivity contribution < 1.29 is 4.43 Å². The van der Waals surface area contributed by atoms with Gasteiger partial charge in [0, 0.05) is 6.10 Å². The van der Waals surface area contributed by atoms with Gasteiger partial charge in [-0.25, -0.2) is 0 Å². The average molecular weight is 261 g/mol. The van der Waals surface area contributed by atoms with Gasteiger partial charge in [0.25, 0.3) is 0 Å². The lowest BCUT2D eigenvalue weighted by Gasteiger charge is -2.29. The number of benzene rings is 1. The van der Waals surface area contributed by atoms with E-state index in [1.807, 2.05) is 0 Å². The van der Waals surface area contributed by atoms with E-state index in [1.165, 1.54) is 42.9 Å². The topological polar surface area (TPSA) is 9.23 Å². The minimum Gasteiger partial charge on any atom is -0.409 e. The molecule has 1 aliphatic carbocycles. The van der Waals surface area contributed by atoms with Crippen LogP contribution in [0.25, 0.3) is 0 Å². The van der Waals surface area contributed by atoms with Crippen molar-refractivity contribution in [1.82, 2.24) is 0 Å². The molecule has 1 saturated carbocycles. The normalized spacial score (nSPS) is 17.6. The molecule has 1 radical (unpaired) electrons. The largest absolute Gasteiger partial charge is 0.409 e. The van der Waals surface area contributed by atoms with E-state index in [0.717, 1.165) is 0 Å². The number of hydrogen-bond acceptors (Lipinski definition) is 1. The molecule has 1 nitrogen and oxygen atoms in total. The molecule has 0 heterocycles. The van der Waals surface area contributed by atoms with Crippen molar-refractivity contribution in [2.45, 2.75) is 64.5 Å². The van der Waals surface area contributed by atoms with Crippen LogP contribution in [0.1, 0.15) is 51.5 Å². The van der Waals surface area contributed by atoms with Gasteiger partial charge in [-0.3, -0.25) is 0 Å². The highest BCUT2D eigenvalue weighted by Crippen LogP contribution is 2.23. The van der Waals surface area contributed by atoms with Gasteiger partial charge in [-0.15, -0.1) is 0 Å². The van der Waals surface area contributed by atoms with E-state index in [4.69, 9.17) is 4.43 Å². The van der Waals surface area contributed by atoms with Gasteiger partial charge in [0.15, 0.2) is 0 Å². The molecule has 18 heavy (non-hydrogen) atoms. The van der Waals surface area contributed by atoms with E-state index in [0.29, 0.717) is 11.6 Å². The first kappa shape index (κ1) is 13.8. The van der Waals surface area contributed by atoms with Gasteiger partial charge < -0.3 is 4.43 Å². The first-order chi connectivity index (χ1) is 8.68. The molecule has 0 saturated heterocycles. The number of rotatable bonds is 4. The number of aryl methyl sites for hydroxylation is 1. The Kier molecular flexibility index (Phi) is 5.01. The van der Waals surface area contributed by atoms with Crippen LogP contribution in [0.15, 0.2) is 24.3 Å². The molecule has 1 aliphatic rings. The Morgan fingerprint density at radius 3 is 2.39 bits per heavy atom. The van der Waals surface area contributed by atoms with Gasteiger partial charge in [-0.05, 0) is 36.1 Å². The molecule has 0 spiro atoms. The maximum Gasteiger partial charge on any atom is 0.250 e. The fourth-order valence-corrected chi connectivity index (χ4v) is 5.07. The molecule has 2 heteroatoms. The van der Waals surface area contributed by atoms with Gasteiger partial charge in [0.05, 0.1) is 0 Å². The Bertz CT molecular complexity index is 369. The molecule has 0 amide bonds. The quantitative estimate of drug-likeness (QED) is 0.746. The van der Waals surface area contributed by atoms with Crippen molar-refractivity contribution in [1.29, 1.82) is 0 Å². The summed E-state index contributed by atoms with van der Waals surface area (Å²) in [5.41, 5.74) is 2.04. The zero-order valence-electron chi connectivity index (χ0n) is 11.9. The molecule has 99 valence electrons. The van der Waals surface area contributed by atoms with E-state index in [-0.39, 0.29) is 0 Å². The van der Waals surface area contributed by atoms with Crippen molar-refractivity contribution in [3.05, 3.63) is 29.8 Å². The third kappa shape index (κ3) is 3.45. The maximum atomic E-state index is 6.52. The minimum atomic E-state index is -0.868. The molecule has 0 unspecified atom stereocenters. The monoisotopic (exact) mass is 261 g/mol. The second-order valence-electron chi connectivity index (χ2n) is 5.71. The molecular formula is C16H25OSi. The van der Waals surface area contributed by atoms with E-state index in [9.17, 15) is 0 Å². The Morgan fingerprint density at radius 1 is 1.11 bits per heavy atom. The second kappa shape index (κ2) is 6.53. The molecule has 0 atom stereocenters. The van der Waals surface area contributed by atoms with Crippen LogP contribution in [0.2, 0.25) is 5.54 Å². The lowest BCUT2D eigenvalue weighted by atomic mass is 9.98. The van der Waals surface area contributed by atoms with Crippen molar-refractivity contribution in [3.8, 4) is 0 Å². The van der Waals surface area contributed by atoms with E-state index in [1.54, 1.807) is 0 Å². The third-order valence-electron chi connectivity index (χ3n) is 3.78. The van der Waals surface area contributed by atoms with Crippen LogP contribution in [-0.4, -0.2) is 15.1 Å². The summed E-state index contributed by atoms with van der Waals surface area (Å²) >= 11 is 0. The molecule has 0 aliphatic heterocycles. The summed E-state index contributed by atoms with van der Waals surface area (Å²) in [6, 6.07) is 8.76. The summed E-state index contributed by atoms with van der Waals surface area (Å²) in [5.74, 6) is 0. The second-order valence-corrected chi connectivity index (χ2v) is 8.37. The highest BCUT2D eigenvalue weighted by Gasteiger charge is 2.26. The van der Waals surface area contributed by atoms with E-state index >= 15 is 0 Å². The van der Waals surface area contributed by atoms with Crippen LogP contribution in [0.4, 0.5) is 0 Å². The van der Waals surface area contributed by atoms with Crippen molar-refractivity contribution in [2.75, 3.05) is 0 Å². The summed E-state index contributed by atoms with van der Waals surface area (Å²) in [7, 11) is -0.868. The van der Waals surface area contributed by atoms with Crippen LogP contribution in [0.5, 0.6) is 0 Å². The molecule has 1 fully saturated rings. The summed E-state index contributed by atoms with van der Waals surface area (Å²) in [6.45, 7) is 6.83. The van der Waals surface area contributed by atoms with Crippen molar-refractivity contribution in [3.63, 3.8) is 0 Å². The fraction of sp³-hybridized carbons (Fsp3) is 0.625. The molecule has 1 aromatic rings. The van der Waals surface area contributed by atoms with Crippen LogP contribution >= 0.6 is 0 Å². The molecule has 2 rings (SSSR count). The Balaban J connectivity index is 2.10. The van der Waals surface area contributed by atoms with Gasteiger partial charge in [0.1, 0.15) is 0 Å². The molecule has 0 aromatic heterocycles. The Hall–Kier alpha value is -0.603. The Labute approximate surface area is 113 Å². The van der Waals surface area contributed by atoms with Crippen LogP contribution in [0, 0.1) is 6.92 Å². The highest BCUT2D eigenvalue weighted by molar-refractivity contribution is 6.69. The highest BCUT2D eigenvalue weighted by atomic mass is 28.3. The van der Waals surface area contributed by atoms with Crippen LogP contribution in [0.3, 0.4) is 0 Å². The standard InChI is InChI=1S/C16H25OSi/c1-13(2)18(16-12-8-7-9-14(16)3)17-15-10-5-4-6-11-15/h7-9,12-13,15H,4-6,10-11H2,1-3H3. The lowest BCUT2D eigenvalue weighted by Crippen LogP contribution is -2.41. The SMILES string of the molecule is Cc1ccccc1[Si](OC1CCCCC1)C(C)C. The summed E-state index contributed by atoms with van der Waals surface area (Å²) in [5, 5.41) is 1.48. The van der Waals surface area contributed by atoms with Crippen molar-refractivity contribution in [2.24, 2.45) is 0 Å². The van der Waals surface area contributed by atoms with Crippen LogP contribution < -0.4 is 5.19 Å². The maximum absolute atomic E-state index is 6.52. The van der Waals surface area contributed by atoms with Crippen molar-refractivity contribution >= 4 is 14.2 Å². The van der Waals surface area contributed by atoms with Gasteiger partial charge in [-0.1, -0.05) is 57.4 Å². The first-order valence-electron chi connectivity index (χ1n) is 7.28. The first-order valence-corrected chi connectivity index (χ1v) is 8.76. The zero-order chi connectivity index (χ0) is 13.0. The minimum absolute atomic E-state index is 0.523. The summed E-state index contributed by atoms with van der Waals surface area (Å²) in [6.07, 6.45) is 7.17. The fourth-order valence-electron chi connectivity index (χ4n) is 2.72. The van der Waals surface area contributed by atoms with E-state index in [2.05, 4.69) is 45.0 Å².